The summed E-state index contributed by atoms with van der Waals surface area (Å²) in [5, 5.41) is 8.95. The number of hydrogen-bond donors (Lipinski definition) is 1. The Morgan fingerprint density at radius 3 is 2.71 bits per heavy atom. The number of carbonyl (C=O) groups is 2. The van der Waals surface area contributed by atoms with E-state index in [1.165, 1.54) is 0 Å². The lowest BCUT2D eigenvalue weighted by Gasteiger charge is -2.18. The van der Waals surface area contributed by atoms with Crippen molar-refractivity contribution in [2.24, 2.45) is 5.92 Å². The lowest BCUT2D eigenvalue weighted by atomic mass is 10.0. The highest BCUT2D eigenvalue weighted by Crippen LogP contribution is 2.26. The molecule has 1 amide bonds. The lowest BCUT2D eigenvalue weighted by molar-refractivity contribution is -0.141. The minimum atomic E-state index is -0.837. The number of hydrogen-bond acceptors (Lipinski definition) is 3. The van der Waals surface area contributed by atoms with Gasteiger partial charge in [-0.3, -0.25) is 9.59 Å². The van der Waals surface area contributed by atoms with Crippen LogP contribution in [0.5, 0.6) is 5.75 Å². The Kier molecular flexibility index (Phi) is 4.83. The maximum absolute atomic E-state index is 12.1. The molecule has 1 aromatic rings. The van der Waals surface area contributed by atoms with Gasteiger partial charge in [0, 0.05) is 13.1 Å². The smallest absolute Gasteiger partial charge is 0.308 e. The molecule has 0 radical (unpaired) electrons. The molecule has 1 saturated heterocycles. The third-order valence-electron chi connectivity index (χ3n) is 3.78. The van der Waals surface area contributed by atoms with Crippen molar-refractivity contribution in [1.29, 1.82) is 0 Å². The standard InChI is InChI=1S/C16H21NO4/c1-11(2)13-5-3-4-6-14(13)21-10-15(18)17-8-7-12(9-17)16(19)20/h3-6,11-12H,7-10H2,1-2H3,(H,19,20). The van der Waals surface area contributed by atoms with E-state index in [2.05, 4.69) is 13.8 Å². The zero-order valence-corrected chi connectivity index (χ0v) is 12.4. The minimum Gasteiger partial charge on any atom is -0.483 e. The highest BCUT2D eigenvalue weighted by molar-refractivity contribution is 5.80. The SMILES string of the molecule is CC(C)c1ccccc1OCC(=O)N1CCC(C(=O)O)C1. The van der Waals surface area contributed by atoms with Gasteiger partial charge >= 0.3 is 5.97 Å². The van der Waals surface area contributed by atoms with Gasteiger partial charge in [0.2, 0.25) is 0 Å². The van der Waals surface area contributed by atoms with E-state index in [-0.39, 0.29) is 19.1 Å². The van der Waals surface area contributed by atoms with E-state index in [9.17, 15) is 9.59 Å². The summed E-state index contributed by atoms with van der Waals surface area (Å²) in [6.45, 7) is 4.87. The van der Waals surface area contributed by atoms with Gasteiger partial charge in [-0.1, -0.05) is 32.0 Å². The molecule has 2 rings (SSSR count). The molecule has 1 N–H and O–H groups in total. The molecule has 1 heterocycles. The van der Waals surface area contributed by atoms with Crippen molar-refractivity contribution in [2.45, 2.75) is 26.2 Å². The van der Waals surface area contributed by atoms with Gasteiger partial charge in [-0.05, 0) is 24.0 Å². The molecule has 0 saturated carbocycles. The Labute approximate surface area is 124 Å². The summed E-state index contributed by atoms with van der Waals surface area (Å²) in [6, 6.07) is 7.66. The van der Waals surface area contributed by atoms with Crippen LogP contribution < -0.4 is 4.74 Å². The number of likely N-dealkylation sites (tertiary alicyclic amines) is 1. The van der Waals surface area contributed by atoms with E-state index in [0.717, 1.165) is 11.3 Å². The summed E-state index contributed by atoms with van der Waals surface area (Å²) < 4.78 is 5.63. The number of rotatable bonds is 5. The van der Waals surface area contributed by atoms with Crippen LogP contribution in [-0.2, 0) is 9.59 Å². The Balaban J connectivity index is 1.92. The molecule has 1 atom stereocenters. The van der Waals surface area contributed by atoms with E-state index in [0.29, 0.717) is 18.9 Å². The van der Waals surface area contributed by atoms with Crippen LogP contribution in [0.1, 0.15) is 31.7 Å². The summed E-state index contributed by atoms with van der Waals surface area (Å²) in [5.41, 5.74) is 1.06. The van der Waals surface area contributed by atoms with Gasteiger partial charge in [-0.15, -0.1) is 0 Å². The first-order valence-electron chi connectivity index (χ1n) is 7.21. The zero-order valence-electron chi connectivity index (χ0n) is 12.4. The first-order valence-corrected chi connectivity index (χ1v) is 7.21. The molecule has 1 fully saturated rings. The van der Waals surface area contributed by atoms with Crippen molar-refractivity contribution >= 4 is 11.9 Å². The second kappa shape index (κ2) is 6.61. The molecule has 0 bridgehead atoms. The number of ether oxygens (including phenoxy) is 1. The molecule has 0 aromatic heterocycles. The predicted octanol–water partition coefficient (Wildman–Crippen LogP) is 2.12. The van der Waals surface area contributed by atoms with Gasteiger partial charge in [0.1, 0.15) is 5.75 Å². The van der Waals surface area contributed by atoms with Crippen molar-refractivity contribution in [1.82, 2.24) is 4.90 Å². The molecule has 5 nitrogen and oxygen atoms in total. The number of carboxylic acids is 1. The molecule has 114 valence electrons. The average molecular weight is 291 g/mol. The molecule has 0 spiro atoms. The number of para-hydroxylation sites is 1. The Morgan fingerprint density at radius 2 is 2.10 bits per heavy atom. The fourth-order valence-corrected chi connectivity index (χ4v) is 2.51. The first-order chi connectivity index (χ1) is 9.99. The van der Waals surface area contributed by atoms with E-state index in [1.54, 1.807) is 4.90 Å². The molecule has 21 heavy (non-hydrogen) atoms. The van der Waals surface area contributed by atoms with Crippen LogP contribution in [0.4, 0.5) is 0 Å². The summed E-state index contributed by atoms with van der Waals surface area (Å²) in [7, 11) is 0. The molecule has 0 aliphatic carbocycles. The van der Waals surface area contributed by atoms with Crippen molar-refractivity contribution in [3.63, 3.8) is 0 Å². The van der Waals surface area contributed by atoms with Crippen molar-refractivity contribution < 1.29 is 19.4 Å². The number of amides is 1. The summed E-state index contributed by atoms with van der Waals surface area (Å²) in [4.78, 5) is 24.5. The zero-order chi connectivity index (χ0) is 15.4. The molecule has 1 aliphatic rings. The maximum Gasteiger partial charge on any atom is 0.308 e. The third kappa shape index (κ3) is 3.74. The van der Waals surface area contributed by atoms with E-state index < -0.39 is 11.9 Å². The van der Waals surface area contributed by atoms with Gasteiger partial charge in [-0.25, -0.2) is 0 Å². The van der Waals surface area contributed by atoms with Crippen LogP contribution in [0.25, 0.3) is 0 Å². The molecule has 1 aliphatic heterocycles. The fraction of sp³-hybridized carbons (Fsp3) is 0.500. The monoisotopic (exact) mass is 291 g/mol. The van der Waals surface area contributed by atoms with Crippen LogP contribution in [-0.4, -0.2) is 41.6 Å². The Hall–Kier alpha value is -2.04. The molecular formula is C16H21NO4. The third-order valence-corrected chi connectivity index (χ3v) is 3.78. The summed E-state index contributed by atoms with van der Waals surface area (Å²) >= 11 is 0. The number of benzene rings is 1. The quantitative estimate of drug-likeness (QED) is 0.902. The number of nitrogens with zero attached hydrogens (tertiary/aromatic N) is 1. The molecule has 5 heteroatoms. The van der Waals surface area contributed by atoms with Gasteiger partial charge in [0.05, 0.1) is 5.92 Å². The van der Waals surface area contributed by atoms with Crippen molar-refractivity contribution in [3.05, 3.63) is 29.8 Å². The topological polar surface area (TPSA) is 66.8 Å². The van der Waals surface area contributed by atoms with Crippen LogP contribution in [0.2, 0.25) is 0 Å². The van der Waals surface area contributed by atoms with E-state index in [1.807, 2.05) is 24.3 Å². The van der Waals surface area contributed by atoms with Crippen molar-refractivity contribution in [3.8, 4) is 5.75 Å². The molecular weight excluding hydrogens is 270 g/mol. The van der Waals surface area contributed by atoms with Crippen LogP contribution >= 0.6 is 0 Å². The Morgan fingerprint density at radius 1 is 1.38 bits per heavy atom. The largest absolute Gasteiger partial charge is 0.483 e. The molecule has 1 aromatic carbocycles. The summed E-state index contributed by atoms with van der Waals surface area (Å²) in [5.74, 6) is -0.403. The van der Waals surface area contributed by atoms with E-state index in [4.69, 9.17) is 9.84 Å². The second-order valence-corrected chi connectivity index (χ2v) is 5.64. The average Bonchev–Trinajstić information content (AvgIpc) is 2.95. The number of aliphatic carboxylic acids is 1. The van der Waals surface area contributed by atoms with Crippen molar-refractivity contribution in [2.75, 3.05) is 19.7 Å². The Bertz CT molecular complexity index is 527. The predicted molar refractivity (Wildman–Crippen MR) is 78.3 cm³/mol. The highest BCUT2D eigenvalue weighted by Gasteiger charge is 2.30. The minimum absolute atomic E-state index is 0.0456. The fourth-order valence-electron chi connectivity index (χ4n) is 2.51. The highest BCUT2D eigenvalue weighted by atomic mass is 16.5. The van der Waals surface area contributed by atoms with E-state index >= 15 is 0 Å². The maximum atomic E-state index is 12.1. The summed E-state index contributed by atoms with van der Waals surface area (Å²) in [6.07, 6.45) is 0.518. The van der Waals surface area contributed by atoms with Gasteiger partial charge in [0.25, 0.3) is 5.91 Å². The van der Waals surface area contributed by atoms with Gasteiger partial charge in [-0.2, -0.15) is 0 Å². The number of carbonyl (C=O) groups excluding carboxylic acids is 1. The van der Waals surface area contributed by atoms with Crippen LogP contribution in [0.15, 0.2) is 24.3 Å². The second-order valence-electron chi connectivity index (χ2n) is 5.64. The van der Waals surface area contributed by atoms with Gasteiger partial charge < -0.3 is 14.7 Å². The first kappa shape index (κ1) is 15.4. The van der Waals surface area contributed by atoms with Gasteiger partial charge in [0.15, 0.2) is 6.61 Å². The number of carboxylic acid groups (broad SMARTS) is 1. The lowest BCUT2D eigenvalue weighted by Crippen LogP contribution is -2.33. The normalized spacial score (nSPS) is 18.0. The van der Waals surface area contributed by atoms with Crippen LogP contribution in [0.3, 0.4) is 0 Å². The van der Waals surface area contributed by atoms with Crippen LogP contribution in [0, 0.1) is 5.92 Å². The molecule has 1 unspecified atom stereocenters.